The van der Waals surface area contributed by atoms with Gasteiger partial charge in [0.1, 0.15) is 10.7 Å². The summed E-state index contributed by atoms with van der Waals surface area (Å²) in [5.74, 6) is -1.84. The molecule has 1 saturated heterocycles. The minimum Gasteiger partial charge on any atom is -0.480 e. The first-order valence-corrected chi connectivity index (χ1v) is 9.00. The normalized spacial score (nSPS) is 19.7. The number of sulfonamides is 1. The van der Waals surface area contributed by atoms with Crippen LogP contribution >= 0.6 is 11.6 Å². The number of rotatable bonds is 6. The lowest BCUT2D eigenvalue weighted by molar-refractivity contribution is -0.136. The van der Waals surface area contributed by atoms with Gasteiger partial charge in [-0.1, -0.05) is 11.6 Å². The molecule has 0 radical (unpaired) electrons. The number of carbonyl (C=O) groups is 1. The zero-order valence-corrected chi connectivity index (χ0v) is 13.9. The first kappa shape index (κ1) is 18.1. The number of halogens is 2. The number of carboxylic acid groups (broad SMARTS) is 1. The molecule has 128 valence electrons. The van der Waals surface area contributed by atoms with Crippen LogP contribution in [-0.2, 0) is 14.8 Å². The van der Waals surface area contributed by atoms with E-state index in [1.54, 1.807) is 0 Å². The van der Waals surface area contributed by atoms with E-state index in [2.05, 4.69) is 5.32 Å². The Morgan fingerprint density at radius 3 is 2.87 bits per heavy atom. The molecule has 1 heterocycles. The van der Waals surface area contributed by atoms with E-state index in [-0.39, 0.29) is 28.9 Å². The summed E-state index contributed by atoms with van der Waals surface area (Å²) < 4.78 is 40.3. The molecule has 1 aromatic rings. The quantitative estimate of drug-likeness (QED) is 0.799. The van der Waals surface area contributed by atoms with Gasteiger partial charge in [0.05, 0.1) is 6.54 Å². The summed E-state index contributed by atoms with van der Waals surface area (Å²) in [6.07, 6.45) is 1.44. The van der Waals surface area contributed by atoms with Crippen molar-refractivity contribution in [1.82, 2.24) is 9.62 Å². The molecule has 0 saturated carbocycles. The number of carboxylic acids is 1. The maximum atomic E-state index is 13.9. The van der Waals surface area contributed by atoms with Crippen LogP contribution in [0, 0.1) is 11.7 Å². The highest BCUT2D eigenvalue weighted by atomic mass is 35.5. The second-order valence-electron chi connectivity index (χ2n) is 5.47. The fourth-order valence-corrected chi connectivity index (χ4v) is 4.38. The number of benzene rings is 1. The number of hydrogen-bond donors (Lipinski definition) is 2. The molecule has 9 heteroatoms. The number of piperidine rings is 1. The molecule has 1 unspecified atom stereocenters. The van der Waals surface area contributed by atoms with Gasteiger partial charge in [0.2, 0.25) is 10.0 Å². The van der Waals surface area contributed by atoms with Crippen molar-refractivity contribution < 1.29 is 22.7 Å². The Morgan fingerprint density at radius 1 is 1.48 bits per heavy atom. The SMILES string of the molecule is O=C(O)CNCC1CCCN(S(=O)(=O)c2ccc(Cl)cc2F)C1. The number of hydrogen-bond acceptors (Lipinski definition) is 4. The van der Waals surface area contributed by atoms with E-state index in [0.717, 1.165) is 12.5 Å². The van der Waals surface area contributed by atoms with Crippen molar-refractivity contribution in [3.05, 3.63) is 29.0 Å². The largest absolute Gasteiger partial charge is 0.480 e. The lowest BCUT2D eigenvalue weighted by atomic mass is 10.00. The third kappa shape index (κ3) is 4.63. The van der Waals surface area contributed by atoms with Crippen molar-refractivity contribution in [3.63, 3.8) is 0 Å². The van der Waals surface area contributed by atoms with Gasteiger partial charge in [0.15, 0.2) is 0 Å². The molecule has 1 aliphatic rings. The summed E-state index contributed by atoms with van der Waals surface area (Å²) in [5.41, 5.74) is 0. The number of aliphatic carboxylic acids is 1. The Balaban J connectivity index is 2.08. The molecule has 1 fully saturated rings. The van der Waals surface area contributed by atoms with E-state index in [4.69, 9.17) is 16.7 Å². The molecular weight excluding hydrogens is 347 g/mol. The molecule has 0 spiro atoms. The maximum absolute atomic E-state index is 13.9. The highest BCUT2D eigenvalue weighted by molar-refractivity contribution is 7.89. The molecule has 0 amide bonds. The van der Waals surface area contributed by atoms with Crippen molar-refractivity contribution in [2.45, 2.75) is 17.7 Å². The molecule has 0 aromatic heterocycles. The Hall–Kier alpha value is -1.22. The fraction of sp³-hybridized carbons (Fsp3) is 0.500. The Kier molecular flexibility index (Phi) is 5.96. The molecule has 0 bridgehead atoms. The number of nitrogens with one attached hydrogen (secondary N) is 1. The molecular formula is C14H18ClFN2O4S. The smallest absolute Gasteiger partial charge is 0.317 e. The van der Waals surface area contributed by atoms with Crippen molar-refractivity contribution in [2.24, 2.45) is 5.92 Å². The van der Waals surface area contributed by atoms with Crippen molar-refractivity contribution in [3.8, 4) is 0 Å². The Bertz CT molecular complexity index is 683. The standard InChI is InChI=1S/C14H18ClFN2O4S/c15-11-3-4-13(12(16)6-11)23(21,22)18-5-1-2-10(9-18)7-17-8-14(19)20/h3-4,6,10,17H,1-2,5,7-9H2,(H,19,20). The Labute approximate surface area is 139 Å². The predicted octanol–water partition coefficient (Wildman–Crippen LogP) is 1.55. The van der Waals surface area contributed by atoms with Gasteiger partial charge >= 0.3 is 5.97 Å². The summed E-state index contributed by atoms with van der Waals surface area (Å²) in [6, 6.07) is 3.48. The van der Waals surface area contributed by atoms with E-state index < -0.39 is 21.8 Å². The molecule has 2 N–H and O–H groups in total. The lowest BCUT2D eigenvalue weighted by Gasteiger charge is -2.32. The van der Waals surface area contributed by atoms with Crippen LogP contribution in [0.5, 0.6) is 0 Å². The zero-order valence-electron chi connectivity index (χ0n) is 12.3. The van der Waals surface area contributed by atoms with E-state index >= 15 is 0 Å². The summed E-state index contributed by atoms with van der Waals surface area (Å²) >= 11 is 5.65. The average molecular weight is 365 g/mol. The minimum atomic E-state index is -3.93. The van der Waals surface area contributed by atoms with E-state index in [1.807, 2.05) is 0 Å². The maximum Gasteiger partial charge on any atom is 0.317 e. The predicted molar refractivity (Wildman–Crippen MR) is 83.4 cm³/mol. The fourth-order valence-electron chi connectivity index (χ4n) is 2.62. The lowest BCUT2D eigenvalue weighted by Crippen LogP contribution is -2.43. The second kappa shape index (κ2) is 7.57. The molecule has 1 atom stereocenters. The molecule has 1 aliphatic heterocycles. The monoisotopic (exact) mass is 364 g/mol. The Morgan fingerprint density at radius 2 is 2.22 bits per heavy atom. The molecule has 1 aromatic carbocycles. The van der Waals surface area contributed by atoms with Crippen LogP contribution in [0.15, 0.2) is 23.1 Å². The topological polar surface area (TPSA) is 86.7 Å². The van der Waals surface area contributed by atoms with Crippen LogP contribution in [0.25, 0.3) is 0 Å². The number of nitrogens with zero attached hydrogens (tertiary/aromatic N) is 1. The van der Waals surface area contributed by atoms with Gasteiger partial charge < -0.3 is 10.4 Å². The van der Waals surface area contributed by atoms with Gasteiger partial charge in [-0.2, -0.15) is 4.31 Å². The zero-order chi connectivity index (χ0) is 17.0. The van der Waals surface area contributed by atoms with Gasteiger partial charge in [-0.25, -0.2) is 12.8 Å². The first-order valence-electron chi connectivity index (χ1n) is 7.18. The summed E-state index contributed by atoms with van der Waals surface area (Å²) in [6.45, 7) is 0.785. The first-order chi connectivity index (χ1) is 10.8. The molecule has 23 heavy (non-hydrogen) atoms. The summed E-state index contributed by atoms with van der Waals surface area (Å²) in [4.78, 5) is 10.1. The van der Waals surface area contributed by atoms with Crippen LogP contribution in [0.4, 0.5) is 4.39 Å². The van der Waals surface area contributed by atoms with E-state index in [1.165, 1.54) is 16.4 Å². The van der Waals surface area contributed by atoms with Gasteiger partial charge in [-0.05, 0) is 43.5 Å². The molecule has 2 rings (SSSR count). The third-order valence-corrected chi connectivity index (χ3v) is 5.84. The van der Waals surface area contributed by atoms with E-state index in [0.29, 0.717) is 19.5 Å². The van der Waals surface area contributed by atoms with Crippen LogP contribution in [0.3, 0.4) is 0 Å². The third-order valence-electron chi connectivity index (χ3n) is 3.70. The van der Waals surface area contributed by atoms with Crippen LogP contribution in [0.1, 0.15) is 12.8 Å². The van der Waals surface area contributed by atoms with Crippen LogP contribution < -0.4 is 5.32 Å². The van der Waals surface area contributed by atoms with Crippen molar-refractivity contribution in [2.75, 3.05) is 26.2 Å². The van der Waals surface area contributed by atoms with Gasteiger partial charge in [0.25, 0.3) is 0 Å². The molecule has 6 nitrogen and oxygen atoms in total. The second-order valence-corrected chi connectivity index (χ2v) is 7.81. The van der Waals surface area contributed by atoms with Crippen molar-refractivity contribution in [1.29, 1.82) is 0 Å². The average Bonchev–Trinajstić information content (AvgIpc) is 2.46. The van der Waals surface area contributed by atoms with E-state index in [9.17, 15) is 17.6 Å². The summed E-state index contributed by atoms with van der Waals surface area (Å²) in [7, 11) is -3.93. The van der Waals surface area contributed by atoms with Crippen LogP contribution in [0.2, 0.25) is 5.02 Å². The summed E-state index contributed by atoms with van der Waals surface area (Å²) in [5, 5.41) is 11.5. The van der Waals surface area contributed by atoms with Crippen molar-refractivity contribution >= 4 is 27.6 Å². The molecule has 0 aliphatic carbocycles. The van der Waals surface area contributed by atoms with Gasteiger partial charge in [-0.15, -0.1) is 0 Å². The van der Waals surface area contributed by atoms with Crippen LogP contribution in [-0.4, -0.2) is 50.0 Å². The van der Waals surface area contributed by atoms with Gasteiger partial charge in [0, 0.05) is 18.1 Å². The minimum absolute atomic E-state index is 0.00626. The highest BCUT2D eigenvalue weighted by Gasteiger charge is 2.32. The van der Waals surface area contributed by atoms with Gasteiger partial charge in [-0.3, -0.25) is 4.79 Å². The highest BCUT2D eigenvalue weighted by Crippen LogP contribution is 2.26.